The molecule has 1 aliphatic heterocycles. The summed E-state index contributed by atoms with van der Waals surface area (Å²) in [5, 5.41) is 11.0. The molecule has 0 bridgehead atoms. The summed E-state index contributed by atoms with van der Waals surface area (Å²) in [5.74, 6) is 5.22. The Kier molecular flexibility index (Phi) is 6.86. The van der Waals surface area contributed by atoms with Crippen molar-refractivity contribution >= 4 is 22.8 Å². The van der Waals surface area contributed by atoms with Gasteiger partial charge in [0.2, 0.25) is 11.8 Å². The van der Waals surface area contributed by atoms with E-state index in [4.69, 9.17) is 9.84 Å². The maximum atomic E-state index is 12.7. The van der Waals surface area contributed by atoms with Crippen LogP contribution in [0.4, 0.5) is 0 Å². The number of nitrogens with one attached hydrogen (secondary N) is 1. The first-order chi connectivity index (χ1) is 14.0. The summed E-state index contributed by atoms with van der Waals surface area (Å²) in [7, 11) is 1.65. The summed E-state index contributed by atoms with van der Waals surface area (Å²) < 4.78 is 8.39. The van der Waals surface area contributed by atoms with Crippen molar-refractivity contribution in [2.75, 3.05) is 19.8 Å². The Hall–Kier alpha value is -2.89. The zero-order chi connectivity index (χ0) is 20.8. The monoisotopic (exact) mass is 399 g/mol. The number of carbonyl (C=O) groups is 2. The highest BCUT2D eigenvalue weighted by molar-refractivity contribution is 6.00. The van der Waals surface area contributed by atoms with Gasteiger partial charge in [-0.1, -0.05) is 11.8 Å². The van der Waals surface area contributed by atoms with E-state index in [0.29, 0.717) is 30.7 Å². The number of unbranched alkanes of at least 4 members (excludes halogenated alkanes) is 2. The predicted octanol–water partition coefficient (Wildman–Crippen LogP) is 0.848. The molecule has 1 atom stereocenters. The first-order valence-corrected chi connectivity index (χ1v) is 9.75. The summed E-state index contributed by atoms with van der Waals surface area (Å²) >= 11 is 0. The van der Waals surface area contributed by atoms with Gasteiger partial charge in [-0.05, 0) is 43.9 Å². The number of carbonyl (C=O) groups excluding carboxylic acids is 2. The van der Waals surface area contributed by atoms with Gasteiger partial charge in [0.1, 0.15) is 12.6 Å². The number of benzene rings is 1. The summed E-state index contributed by atoms with van der Waals surface area (Å²) in [6, 6.07) is 4.70. The first-order valence-electron chi connectivity index (χ1n) is 9.75. The molecule has 2 heterocycles. The Labute approximate surface area is 168 Å². The lowest BCUT2D eigenvalue weighted by atomic mass is 10.1. The molecular weight excluding hydrogens is 374 g/mol. The molecule has 2 N–H and O–H groups in total. The second-order valence-corrected chi connectivity index (χ2v) is 7.02. The van der Waals surface area contributed by atoms with E-state index in [-0.39, 0.29) is 24.6 Å². The Bertz CT molecular complexity index is 1020. The van der Waals surface area contributed by atoms with Crippen LogP contribution in [-0.2, 0) is 21.4 Å². The second kappa shape index (κ2) is 9.54. The van der Waals surface area contributed by atoms with Gasteiger partial charge in [-0.15, -0.1) is 0 Å². The van der Waals surface area contributed by atoms with Gasteiger partial charge < -0.3 is 9.84 Å². The van der Waals surface area contributed by atoms with Gasteiger partial charge in [0.15, 0.2) is 0 Å². The average Bonchev–Trinajstić information content (AvgIpc) is 2.95. The van der Waals surface area contributed by atoms with Crippen LogP contribution < -0.4 is 11.0 Å². The number of piperidine rings is 1. The van der Waals surface area contributed by atoms with Crippen LogP contribution in [0.5, 0.6) is 0 Å². The molecule has 1 saturated heterocycles. The minimum atomic E-state index is -0.694. The van der Waals surface area contributed by atoms with Crippen LogP contribution in [0, 0.1) is 11.8 Å². The number of imide groups is 1. The number of fused-ring (bicyclic) bond motifs is 1. The molecule has 1 aromatic carbocycles. The quantitative estimate of drug-likeness (QED) is 0.408. The van der Waals surface area contributed by atoms with Crippen LogP contribution in [0.1, 0.15) is 43.7 Å². The highest BCUT2D eigenvalue weighted by Gasteiger charge is 2.31. The third-order valence-electron chi connectivity index (χ3n) is 4.96. The lowest BCUT2D eigenvalue weighted by molar-refractivity contribution is -0.135. The number of hydrogen-bond acceptors (Lipinski definition) is 5. The number of ether oxygens (including phenoxy) is 1. The van der Waals surface area contributed by atoms with Crippen molar-refractivity contribution in [3.63, 3.8) is 0 Å². The average molecular weight is 399 g/mol. The maximum Gasteiger partial charge on any atom is 0.329 e. The molecule has 1 aromatic heterocycles. The van der Waals surface area contributed by atoms with Gasteiger partial charge in [-0.2, -0.15) is 0 Å². The Morgan fingerprint density at radius 2 is 2.03 bits per heavy atom. The molecule has 154 valence electrons. The van der Waals surface area contributed by atoms with Crippen molar-refractivity contribution < 1.29 is 19.4 Å². The van der Waals surface area contributed by atoms with Crippen LogP contribution in [0.15, 0.2) is 23.0 Å². The maximum absolute atomic E-state index is 12.7. The van der Waals surface area contributed by atoms with E-state index in [2.05, 4.69) is 17.2 Å². The molecule has 0 radical (unpaired) electrons. The minimum Gasteiger partial charge on any atom is -0.396 e. The van der Waals surface area contributed by atoms with E-state index in [0.717, 1.165) is 24.8 Å². The number of aromatic nitrogens is 2. The fourth-order valence-corrected chi connectivity index (χ4v) is 3.42. The van der Waals surface area contributed by atoms with Crippen LogP contribution in [0.3, 0.4) is 0 Å². The van der Waals surface area contributed by atoms with Crippen molar-refractivity contribution in [3.05, 3.63) is 34.2 Å². The molecule has 3 rings (SSSR count). The second-order valence-electron chi connectivity index (χ2n) is 7.02. The normalized spacial score (nSPS) is 16.6. The van der Waals surface area contributed by atoms with Gasteiger partial charge in [-0.3, -0.25) is 24.0 Å². The molecule has 8 heteroatoms. The predicted molar refractivity (Wildman–Crippen MR) is 107 cm³/mol. The van der Waals surface area contributed by atoms with Crippen molar-refractivity contribution in [2.45, 2.75) is 38.1 Å². The fraction of sp³-hybridized carbons (Fsp3) is 0.476. The fourth-order valence-electron chi connectivity index (χ4n) is 3.42. The van der Waals surface area contributed by atoms with E-state index in [1.807, 2.05) is 6.07 Å². The number of aryl methyl sites for hydroxylation is 1. The standard InChI is InChI=1S/C21H25N3O5/c1-23-18-14-15(6-5-13-29-12-4-2-3-11-25)7-8-16(18)24(21(23)28)17-9-10-19(26)22-20(17)27/h7-8,14,17,25H,2-4,9-13H2,1H3,(H,22,26,27). The van der Waals surface area contributed by atoms with Crippen LogP contribution >= 0.6 is 0 Å². The Morgan fingerprint density at radius 3 is 2.79 bits per heavy atom. The summed E-state index contributed by atoms with van der Waals surface area (Å²) in [6.45, 7) is 1.13. The van der Waals surface area contributed by atoms with Crippen molar-refractivity contribution in [1.29, 1.82) is 0 Å². The minimum absolute atomic E-state index is 0.204. The molecule has 1 aliphatic rings. The number of hydrogen-bond donors (Lipinski definition) is 2. The van der Waals surface area contributed by atoms with Crippen molar-refractivity contribution in [3.8, 4) is 11.8 Å². The number of amides is 2. The topological polar surface area (TPSA) is 103 Å². The molecule has 2 aromatic rings. The van der Waals surface area contributed by atoms with Gasteiger partial charge in [-0.25, -0.2) is 4.79 Å². The number of imidazole rings is 1. The lowest BCUT2D eigenvalue weighted by Gasteiger charge is -2.21. The number of nitrogens with zero attached hydrogens (tertiary/aromatic N) is 2. The van der Waals surface area contributed by atoms with E-state index in [1.165, 1.54) is 9.13 Å². The van der Waals surface area contributed by atoms with Crippen LogP contribution in [0.25, 0.3) is 11.0 Å². The molecule has 0 saturated carbocycles. The van der Waals surface area contributed by atoms with Gasteiger partial charge in [0.25, 0.3) is 0 Å². The van der Waals surface area contributed by atoms with Gasteiger partial charge >= 0.3 is 5.69 Å². The van der Waals surface area contributed by atoms with E-state index in [9.17, 15) is 14.4 Å². The number of rotatable bonds is 7. The third kappa shape index (κ3) is 4.75. The largest absolute Gasteiger partial charge is 0.396 e. The molecule has 0 aliphatic carbocycles. The Morgan fingerprint density at radius 1 is 1.21 bits per heavy atom. The zero-order valence-corrected chi connectivity index (χ0v) is 16.4. The van der Waals surface area contributed by atoms with Gasteiger partial charge in [0.05, 0.1) is 11.0 Å². The molecule has 8 nitrogen and oxygen atoms in total. The van der Waals surface area contributed by atoms with Crippen molar-refractivity contribution in [1.82, 2.24) is 14.5 Å². The molecular formula is C21H25N3O5. The number of aliphatic hydroxyl groups excluding tert-OH is 1. The van der Waals surface area contributed by atoms with Gasteiger partial charge in [0, 0.05) is 32.2 Å². The summed E-state index contributed by atoms with van der Waals surface area (Å²) in [6.07, 6.45) is 3.12. The third-order valence-corrected chi connectivity index (χ3v) is 4.96. The van der Waals surface area contributed by atoms with E-state index >= 15 is 0 Å². The van der Waals surface area contributed by atoms with E-state index in [1.54, 1.807) is 19.2 Å². The Balaban J connectivity index is 1.74. The molecule has 29 heavy (non-hydrogen) atoms. The number of aliphatic hydroxyl groups is 1. The first kappa shape index (κ1) is 20.8. The molecule has 0 spiro atoms. The highest BCUT2D eigenvalue weighted by Crippen LogP contribution is 2.23. The smallest absolute Gasteiger partial charge is 0.329 e. The zero-order valence-electron chi connectivity index (χ0n) is 16.4. The lowest BCUT2D eigenvalue weighted by Crippen LogP contribution is -2.44. The van der Waals surface area contributed by atoms with Crippen molar-refractivity contribution in [2.24, 2.45) is 7.05 Å². The van der Waals surface area contributed by atoms with E-state index < -0.39 is 11.9 Å². The summed E-state index contributed by atoms with van der Waals surface area (Å²) in [5.41, 5.74) is 1.76. The molecule has 1 unspecified atom stereocenters. The highest BCUT2D eigenvalue weighted by atomic mass is 16.5. The molecule has 2 amide bonds. The summed E-state index contributed by atoms with van der Waals surface area (Å²) in [4.78, 5) is 36.3. The van der Waals surface area contributed by atoms with Crippen LogP contribution in [0.2, 0.25) is 0 Å². The molecule has 1 fully saturated rings. The SMILES string of the molecule is Cn1c(=O)n(C2CCC(=O)NC2=O)c2ccc(C#CCOCCCCCO)cc21. The van der Waals surface area contributed by atoms with Crippen LogP contribution in [-0.4, -0.2) is 45.9 Å².